The Hall–Kier alpha value is -1.95. The van der Waals surface area contributed by atoms with Crippen molar-refractivity contribution in [2.45, 2.75) is 39.5 Å². The summed E-state index contributed by atoms with van der Waals surface area (Å²) < 4.78 is 4.41. The molecule has 0 unspecified atom stereocenters. The van der Waals surface area contributed by atoms with E-state index in [9.17, 15) is 4.79 Å². The molecule has 0 bridgehead atoms. The summed E-state index contributed by atoms with van der Waals surface area (Å²) in [7, 11) is 1.88. The maximum Gasteiger partial charge on any atom is 0.239 e. The number of amides is 1. The highest BCUT2D eigenvalue weighted by atomic mass is 32.1. The largest absolute Gasteiger partial charge is 0.355 e. The number of hydrogen-bond donors (Lipinski definition) is 1. The lowest BCUT2D eigenvalue weighted by molar-refractivity contribution is -0.119. The zero-order valence-corrected chi connectivity index (χ0v) is 15.5. The van der Waals surface area contributed by atoms with Crippen molar-refractivity contribution in [3.63, 3.8) is 0 Å². The van der Waals surface area contributed by atoms with E-state index < -0.39 is 0 Å². The van der Waals surface area contributed by atoms with Gasteiger partial charge in [0, 0.05) is 31.5 Å². The Morgan fingerprint density at radius 1 is 1.25 bits per heavy atom. The van der Waals surface area contributed by atoms with Crippen molar-refractivity contribution in [2.75, 3.05) is 25.0 Å². The van der Waals surface area contributed by atoms with Crippen LogP contribution in [-0.2, 0) is 11.2 Å². The first-order chi connectivity index (χ1) is 11.6. The molecule has 0 atom stereocenters. The molecule has 0 aliphatic heterocycles. The molecule has 5 nitrogen and oxygen atoms in total. The fourth-order valence-electron chi connectivity index (χ4n) is 2.30. The van der Waals surface area contributed by atoms with Crippen LogP contribution >= 0.6 is 11.5 Å². The molecule has 0 saturated heterocycles. The van der Waals surface area contributed by atoms with Crippen molar-refractivity contribution >= 4 is 22.6 Å². The number of benzene rings is 1. The molecule has 24 heavy (non-hydrogen) atoms. The molecule has 0 saturated carbocycles. The number of aryl methyl sites for hydroxylation is 1. The summed E-state index contributed by atoms with van der Waals surface area (Å²) in [5.41, 5.74) is 2.44. The zero-order chi connectivity index (χ0) is 17.4. The first kappa shape index (κ1) is 18.4. The highest BCUT2D eigenvalue weighted by Crippen LogP contribution is 2.17. The predicted octanol–water partition coefficient (Wildman–Crippen LogP) is 3.18. The molecule has 0 aliphatic carbocycles. The number of carbonyl (C=O) groups is 1. The summed E-state index contributed by atoms with van der Waals surface area (Å²) in [6, 6.07) is 8.39. The minimum atomic E-state index is 0.0314. The van der Waals surface area contributed by atoms with E-state index in [1.54, 1.807) is 0 Å². The van der Waals surface area contributed by atoms with E-state index >= 15 is 0 Å². The van der Waals surface area contributed by atoms with Crippen molar-refractivity contribution < 1.29 is 4.79 Å². The lowest BCUT2D eigenvalue weighted by Gasteiger charge is -2.14. The topological polar surface area (TPSA) is 58.1 Å². The van der Waals surface area contributed by atoms with Gasteiger partial charge in [0.25, 0.3) is 0 Å². The molecule has 0 aliphatic rings. The molecule has 0 fully saturated rings. The fourth-order valence-corrected chi connectivity index (χ4v) is 2.94. The van der Waals surface area contributed by atoms with Gasteiger partial charge in [0.1, 0.15) is 5.82 Å². The Morgan fingerprint density at radius 3 is 2.71 bits per heavy atom. The molecule has 2 aromatic rings. The van der Waals surface area contributed by atoms with E-state index in [0.29, 0.717) is 13.0 Å². The zero-order valence-electron chi connectivity index (χ0n) is 14.7. The van der Waals surface area contributed by atoms with E-state index in [1.165, 1.54) is 22.7 Å². The standard InChI is InChI=1S/C18H26N4OS/c1-4-5-6-11-19-17(23)13-22(3)18-20-16(21-24-18)12-15-9-7-14(2)8-10-15/h7-10H,4-6,11-13H2,1-3H3,(H,19,23). The average Bonchev–Trinajstić information content (AvgIpc) is 3.02. The van der Waals surface area contributed by atoms with Crippen molar-refractivity contribution in [3.05, 3.63) is 41.2 Å². The average molecular weight is 347 g/mol. The van der Waals surface area contributed by atoms with Gasteiger partial charge in [-0.15, -0.1) is 0 Å². The monoisotopic (exact) mass is 346 g/mol. The van der Waals surface area contributed by atoms with Crippen molar-refractivity contribution in [1.82, 2.24) is 14.7 Å². The highest BCUT2D eigenvalue weighted by molar-refractivity contribution is 7.09. The van der Waals surface area contributed by atoms with Gasteiger partial charge in [-0.1, -0.05) is 49.6 Å². The quantitative estimate of drug-likeness (QED) is 0.709. The van der Waals surface area contributed by atoms with Crippen molar-refractivity contribution in [2.24, 2.45) is 0 Å². The summed E-state index contributed by atoms with van der Waals surface area (Å²) in [6.07, 6.45) is 4.05. The molecule has 0 spiro atoms. The molecule has 1 heterocycles. The second-order valence-electron chi connectivity index (χ2n) is 6.07. The Labute approximate surface area is 148 Å². The second-order valence-corrected chi connectivity index (χ2v) is 6.80. The van der Waals surface area contributed by atoms with Crippen molar-refractivity contribution in [1.29, 1.82) is 0 Å². The normalized spacial score (nSPS) is 10.6. The fraction of sp³-hybridized carbons (Fsp3) is 0.500. The number of anilines is 1. The Kier molecular flexibility index (Phi) is 7.18. The van der Waals surface area contributed by atoms with Gasteiger partial charge in [0.2, 0.25) is 11.0 Å². The molecular formula is C18H26N4OS. The molecule has 1 amide bonds. The maximum atomic E-state index is 11.9. The minimum absolute atomic E-state index is 0.0314. The number of rotatable bonds is 9. The summed E-state index contributed by atoms with van der Waals surface area (Å²) >= 11 is 1.34. The molecule has 1 aromatic carbocycles. The number of hydrogen-bond acceptors (Lipinski definition) is 5. The maximum absolute atomic E-state index is 11.9. The number of unbranched alkanes of at least 4 members (excludes halogenated alkanes) is 2. The van der Waals surface area contributed by atoms with Crippen LogP contribution in [0.3, 0.4) is 0 Å². The van der Waals surface area contributed by atoms with Gasteiger partial charge in [0.15, 0.2) is 0 Å². The minimum Gasteiger partial charge on any atom is -0.355 e. The molecular weight excluding hydrogens is 320 g/mol. The molecule has 1 N–H and O–H groups in total. The third-order valence-electron chi connectivity index (χ3n) is 3.75. The third-order valence-corrected chi connectivity index (χ3v) is 4.62. The van der Waals surface area contributed by atoms with Gasteiger partial charge in [-0.25, -0.2) is 4.98 Å². The number of nitrogens with zero attached hydrogens (tertiary/aromatic N) is 3. The first-order valence-electron chi connectivity index (χ1n) is 8.44. The lowest BCUT2D eigenvalue weighted by atomic mass is 10.1. The van der Waals surface area contributed by atoms with Crippen LogP contribution in [0, 0.1) is 6.92 Å². The Balaban J connectivity index is 1.83. The van der Waals surface area contributed by atoms with E-state index in [0.717, 1.165) is 36.8 Å². The molecule has 0 radical (unpaired) electrons. The van der Waals surface area contributed by atoms with Crippen molar-refractivity contribution in [3.8, 4) is 0 Å². The summed E-state index contributed by atoms with van der Waals surface area (Å²) in [4.78, 5) is 18.3. The van der Waals surface area contributed by atoms with E-state index in [2.05, 4.69) is 52.8 Å². The molecule has 1 aromatic heterocycles. The van der Waals surface area contributed by atoms with Crippen LogP contribution in [0.15, 0.2) is 24.3 Å². The predicted molar refractivity (Wildman–Crippen MR) is 99.7 cm³/mol. The SMILES string of the molecule is CCCCCNC(=O)CN(C)c1nc(Cc2ccc(C)cc2)ns1. The lowest BCUT2D eigenvalue weighted by Crippen LogP contribution is -2.35. The van der Waals surface area contributed by atoms with Crippen LogP contribution in [0.5, 0.6) is 0 Å². The van der Waals surface area contributed by atoms with E-state index in [-0.39, 0.29) is 5.91 Å². The van der Waals surface area contributed by atoms with Crippen LogP contribution in [-0.4, -0.2) is 35.4 Å². The van der Waals surface area contributed by atoms with Gasteiger partial charge in [-0.3, -0.25) is 4.79 Å². The summed E-state index contributed by atoms with van der Waals surface area (Å²) in [5.74, 6) is 0.831. The van der Waals surface area contributed by atoms with Gasteiger partial charge in [-0.05, 0) is 18.9 Å². The van der Waals surface area contributed by atoms with Crippen LogP contribution in [0.25, 0.3) is 0 Å². The highest BCUT2D eigenvalue weighted by Gasteiger charge is 2.12. The van der Waals surface area contributed by atoms with Gasteiger partial charge in [-0.2, -0.15) is 4.37 Å². The Bertz CT molecular complexity index is 639. The number of aromatic nitrogens is 2. The number of nitrogens with one attached hydrogen (secondary N) is 1. The van der Waals surface area contributed by atoms with Gasteiger partial charge >= 0.3 is 0 Å². The van der Waals surface area contributed by atoms with Crippen LogP contribution < -0.4 is 10.2 Å². The number of carbonyl (C=O) groups excluding carboxylic acids is 1. The molecule has 6 heteroatoms. The van der Waals surface area contributed by atoms with Crippen LogP contribution in [0.2, 0.25) is 0 Å². The summed E-state index contributed by atoms with van der Waals surface area (Å²) in [5, 5.41) is 3.72. The van der Waals surface area contributed by atoms with Gasteiger partial charge < -0.3 is 10.2 Å². The Morgan fingerprint density at radius 2 is 2.00 bits per heavy atom. The van der Waals surface area contributed by atoms with E-state index in [4.69, 9.17) is 0 Å². The molecule has 130 valence electrons. The second kappa shape index (κ2) is 9.37. The van der Waals surface area contributed by atoms with Crippen LogP contribution in [0.1, 0.15) is 43.1 Å². The molecule has 2 rings (SSSR count). The summed E-state index contributed by atoms with van der Waals surface area (Å²) in [6.45, 7) is 5.28. The van der Waals surface area contributed by atoms with Crippen LogP contribution in [0.4, 0.5) is 5.13 Å². The third kappa shape index (κ3) is 5.92. The smallest absolute Gasteiger partial charge is 0.239 e. The first-order valence-corrected chi connectivity index (χ1v) is 9.21. The number of likely N-dealkylation sites (N-methyl/N-ethyl adjacent to an activating group) is 1. The van der Waals surface area contributed by atoms with E-state index in [1.807, 2.05) is 11.9 Å². The van der Waals surface area contributed by atoms with Gasteiger partial charge in [0.05, 0.1) is 6.54 Å².